The quantitative estimate of drug-likeness (QED) is 0.367. The van der Waals surface area contributed by atoms with Crippen molar-refractivity contribution in [3.8, 4) is 11.4 Å². The van der Waals surface area contributed by atoms with Crippen molar-refractivity contribution in [2.45, 2.75) is 11.3 Å². The summed E-state index contributed by atoms with van der Waals surface area (Å²) in [6.45, 7) is 0. The van der Waals surface area contributed by atoms with Crippen molar-refractivity contribution in [2.75, 3.05) is 19.0 Å². The topological polar surface area (TPSA) is 160 Å². The highest BCUT2D eigenvalue weighted by atomic mass is 35.5. The third kappa shape index (κ3) is 4.37. The maximum absolute atomic E-state index is 13.0. The second-order valence-corrected chi connectivity index (χ2v) is 9.73. The average Bonchev–Trinajstić information content (AvgIpc) is 3.07. The average molecular weight is 510 g/mol. The van der Waals surface area contributed by atoms with E-state index >= 15 is 0 Å². The van der Waals surface area contributed by atoms with Crippen LogP contribution < -0.4 is 15.6 Å². The Bertz CT molecular complexity index is 1540. The number of fused-ring (bicyclic) bond motifs is 1. The van der Waals surface area contributed by atoms with Crippen molar-refractivity contribution >= 4 is 50.1 Å². The number of primary sulfonamides is 1. The van der Waals surface area contributed by atoms with Gasteiger partial charge in [0, 0.05) is 26.7 Å². The lowest BCUT2D eigenvalue weighted by Gasteiger charge is -2.11. The van der Waals surface area contributed by atoms with E-state index in [1.807, 2.05) is 0 Å². The SMILES string of the molecule is CN(C)c1nn(-c2c(Cl)cc(S(N)(=O)=O)cc2Cl)c2nc(Cc3cncc(O)c3)[nH]c(=O)c12. The third-order valence-corrected chi connectivity index (χ3v) is 6.14. The van der Waals surface area contributed by atoms with Gasteiger partial charge in [0.2, 0.25) is 10.0 Å². The third-order valence-electron chi connectivity index (χ3n) is 4.67. The van der Waals surface area contributed by atoms with Crippen molar-refractivity contribution in [1.29, 1.82) is 0 Å². The first-order chi connectivity index (χ1) is 15.5. The minimum atomic E-state index is -4.05. The lowest BCUT2D eigenvalue weighted by atomic mass is 10.2. The summed E-state index contributed by atoms with van der Waals surface area (Å²) in [5, 5.41) is 19.4. The van der Waals surface area contributed by atoms with E-state index in [-0.39, 0.29) is 49.7 Å². The van der Waals surface area contributed by atoms with Gasteiger partial charge in [0.15, 0.2) is 11.5 Å². The van der Waals surface area contributed by atoms with Crippen LogP contribution in [0, 0.1) is 0 Å². The van der Waals surface area contributed by atoms with E-state index in [2.05, 4.69) is 20.1 Å². The number of hydrogen-bond acceptors (Lipinski definition) is 8. The van der Waals surface area contributed by atoms with Crippen molar-refractivity contribution in [3.05, 3.63) is 62.4 Å². The van der Waals surface area contributed by atoms with E-state index in [9.17, 15) is 18.3 Å². The minimum absolute atomic E-state index is 0.0237. The molecular formula is C19H17Cl2N7O4S. The Hall–Kier alpha value is -3.19. The van der Waals surface area contributed by atoms with Gasteiger partial charge in [0.05, 0.1) is 21.1 Å². The fourth-order valence-corrected chi connectivity index (χ4v) is 4.62. The van der Waals surface area contributed by atoms with Crippen LogP contribution in [0.25, 0.3) is 16.7 Å². The van der Waals surface area contributed by atoms with Crippen molar-refractivity contribution < 1.29 is 13.5 Å². The zero-order valence-corrected chi connectivity index (χ0v) is 19.6. The molecule has 14 heteroatoms. The van der Waals surface area contributed by atoms with Gasteiger partial charge in [0.25, 0.3) is 5.56 Å². The number of nitrogens with zero attached hydrogens (tertiary/aromatic N) is 5. The molecule has 4 rings (SSSR count). The number of pyridine rings is 1. The van der Waals surface area contributed by atoms with E-state index in [0.717, 1.165) is 12.1 Å². The predicted molar refractivity (Wildman–Crippen MR) is 124 cm³/mol. The molecule has 0 aliphatic carbocycles. The number of sulfonamides is 1. The highest BCUT2D eigenvalue weighted by Crippen LogP contribution is 2.34. The molecule has 1 aromatic carbocycles. The summed E-state index contributed by atoms with van der Waals surface area (Å²) < 4.78 is 24.7. The van der Waals surface area contributed by atoms with Gasteiger partial charge in [-0.25, -0.2) is 23.2 Å². The van der Waals surface area contributed by atoms with Gasteiger partial charge >= 0.3 is 0 Å². The molecule has 0 amide bonds. The Kier molecular flexibility index (Phi) is 5.78. The van der Waals surface area contributed by atoms with E-state index in [4.69, 9.17) is 28.3 Å². The molecule has 0 saturated carbocycles. The van der Waals surface area contributed by atoms with Crippen LogP contribution in [0.5, 0.6) is 5.75 Å². The van der Waals surface area contributed by atoms with Crippen molar-refractivity contribution in [1.82, 2.24) is 24.7 Å². The Morgan fingerprint density at radius 2 is 1.85 bits per heavy atom. The summed E-state index contributed by atoms with van der Waals surface area (Å²) in [6.07, 6.45) is 2.99. The van der Waals surface area contributed by atoms with Crippen LogP contribution in [0.15, 0.2) is 40.3 Å². The molecule has 0 saturated heterocycles. The molecule has 4 N–H and O–H groups in total. The van der Waals surface area contributed by atoms with Crippen LogP contribution in [0.2, 0.25) is 10.0 Å². The molecule has 0 aliphatic rings. The van der Waals surface area contributed by atoms with Crippen LogP contribution in [0.3, 0.4) is 0 Å². The molecule has 33 heavy (non-hydrogen) atoms. The van der Waals surface area contributed by atoms with Gasteiger partial charge in [-0.05, 0) is 23.8 Å². The molecule has 0 fully saturated rings. The van der Waals surface area contributed by atoms with Gasteiger partial charge in [-0.2, -0.15) is 0 Å². The molecule has 0 radical (unpaired) electrons. The molecule has 0 spiro atoms. The number of aromatic nitrogens is 5. The first-order valence-corrected chi connectivity index (χ1v) is 11.6. The summed E-state index contributed by atoms with van der Waals surface area (Å²) in [5.41, 5.74) is 0.445. The van der Waals surface area contributed by atoms with Crippen LogP contribution in [0.1, 0.15) is 11.4 Å². The highest BCUT2D eigenvalue weighted by Gasteiger charge is 2.24. The fourth-order valence-electron chi connectivity index (χ4n) is 3.28. The van der Waals surface area contributed by atoms with Gasteiger partial charge < -0.3 is 15.0 Å². The number of benzene rings is 1. The maximum atomic E-state index is 13.0. The van der Waals surface area contributed by atoms with Gasteiger partial charge in [-0.3, -0.25) is 9.78 Å². The summed E-state index contributed by atoms with van der Waals surface area (Å²) in [4.78, 5) is 25.5. The summed E-state index contributed by atoms with van der Waals surface area (Å²) in [7, 11) is -0.654. The minimum Gasteiger partial charge on any atom is -0.506 e. The molecule has 4 aromatic rings. The second-order valence-electron chi connectivity index (χ2n) is 7.35. The van der Waals surface area contributed by atoms with Crippen LogP contribution in [-0.4, -0.2) is 52.4 Å². The maximum Gasteiger partial charge on any atom is 0.264 e. The van der Waals surface area contributed by atoms with Gasteiger partial charge in [-0.1, -0.05) is 23.2 Å². The van der Waals surface area contributed by atoms with Crippen molar-refractivity contribution in [3.63, 3.8) is 0 Å². The Morgan fingerprint density at radius 1 is 1.18 bits per heavy atom. The summed E-state index contributed by atoms with van der Waals surface area (Å²) in [6, 6.07) is 3.79. The molecule has 0 bridgehead atoms. The molecule has 0 atom stereocenters. The largest absolute Gasteiger partial charge is 0.506 e. The van der Waals surface area contributed by atoms with E-state index in [0.29, 0.717) is 11.4 Å². The van der Waals surface area contributed by atoms with Gasteiger partial charge in [-0.15, -0.1) is 5.10 Å². The van der Waals surface area contributed by atoms with E-state index < -0.39 is 15.6 Å². The number of aromatic hydroxyl groups is 1. The smallest absolute Gasteiger partial charge is 0.264 e. The standard InChI is InChI=1S/C19H17Cl2N7O4S/c1-27(2)18-15-17(24-14(25-19(15)30)4-9-3-10(29)8-23-7-9)28(26-18)16-12(20)5-11(6-13(16)21)33(22,31)32/h3,5-8,29H,4H2,1-2H3,(H2,22,31,32)(H,24,25,30). The fraction of sp³-hybridized carbons (Fsp3) is 0.158. The number of nitrogens with two attached hydrogens (primary N) is 1. The van der Waals surface area contributed by atoms with E-state index in [1.54, 1.807) is 19.0 Å². The predicted octanol–water partition coefficient (Wildman–Crippen LogP) is 1.82. The summed E-state index contributed by atoms with van der Waals surface area (Å²) in [5.74, 6) is 0.552. The number of rotatable bonds is 5. The monoisotopic (exact) mass is 509 g/mol. The van der Waals surface area contributed by atoms with Crippen molar-refractivity contribution in [2.24, 2.45) is 5.14 Å². The highest BCUT2D eigenvalue weighted by molar-refractivity contribution is 7.89. The molecule has 0 unspecified atom stereocenters. The molecule has 3 heterocycles. The van der Waals surface area contributed by atoms with Gasteiger partial charge in [0.1, 0.15) is 22.6 Å². The number of halogens is 2. The van der Waals surface area contributed by atoms with Crippen LogP contribution >= 0.6 is 23.2 Å². The Balaban J connectivity index is 1.97. The zero-order valence-electron chi connectivity index (χ0n) is 17.2. The molecule has 0 aliphatic heterocycles. The van der Waals surface area contributed by atoms with Crippen LogP contribution in [-0.2, 0) is 16.4 Å². The Labute approximate surface area is 197 Å². The molecular weight excluding hydrogens is 493 g/mol. The lowest BCUT2D eigenvalue weighted by Crippen LogP contribution is -2.16. The normalized spacial score (nSPS) is 11.8. The summed E-state index contributed by atoms with van der Waals surface area (Å²) >= 11 is 12.7. The molecule has 172 valence electrons. The number of H-pyrrole nitrogens is 1. The van der Waals surface area contributed by atoms with E-state index in [1.165, 1.54) is 23.1 Å². The lowest BCUT2D eigenvalue weighted by molar-refractivity contribution is 0.472. The second kappa shape index (κ2) is 8.30. The number of hydrogen-bond donors (Lipinski definition) is 3. The first kappa shape index (κ1) is 23.0. The number of nitrogens with one attached hydrogen (secondary N) is 1. The number of aromatic amines is 1. The molecule has 11 nitrogen and oxygen atoms in total. The van der Waals surface area contributed by atoms with Crippen LogP contribution in [0.4, 0.5) is 5.82 Å². The zero-order chi connectivity index (χ0) is 24.1. The first-order valence-electron chi connectivity index (χ1n) is 9.30. The Morgan fingerprint density at radius 3 is 2.42 bits per heavy atom. The number of anilines is 1. The molecule has 3 aromatic heterocycles.